The van der Waals surface area contributed by atoms with Gasteiger partial charge in [0.1, 0.15) is 0 Å². The van der Waals surface area contributed by atoms with Gasteiger partial charge in [0.15, 0.2) is 18.2 Å². The number of hydrogen-bond acceptors (Lipinski definition) is 3. The molecule has 26 heavy (non-hydrogen) atoms. The number of piperidine rings is 1. The predicted molar refractivity (Wildman–Crippen MR) is 91.1 cm³/mol. The molecule has 2 heterocycles. The van der Waals surface area contributed by atoms with Gasteiger partial charge < -0.3 is 9.80 Å². The summed E-state index contributed by atoms with van der Waals surface area (Å²) in [5, 5.41) is 0. The van der Waals surface area contributed by atoms with Gasteiger partial charge in [-0.25, -0.2) is 17.2 Å². The Balaban J connectivity index is 1.57. The van der Waals surface area contributed by atoms with Gasteiger partial charge in [-0.3, -0.25) is 4.79 Å². The van der Waals surface area contributed by atoms with Crippen molar-refractivity contribution in [2.24, 2.45) is 0 Å². The van der Waals surface area contributed by atoms with E-state index in [2.05, 4.69) is 0 Å². The van der Waals surface area contributed by atoms with Gasteiger partial charge in [0.2, 0.25) is 10.0 Å². The van der Waals surface area contributed by atoms with Gasteiger partial charge in [0.05, 0.1) is 31.1 Å². The number of amides is 1. The highest BCUT2D eigenvalue weighted by molar-refractivity contribution is 7.89. The van der Waals surface area contributed by atoms with Crippen LogP contribution in [0.15, 0.2) is 23.1 Å². The average Bonchev–Trinajstić information content (AvgIpc) is 2.65. The van der Waals surface area contributed by atoms with E-state index in [0.717, 1.165) is 49.4 Å². The second-order valence-corrected chi connectivity index (χ2v) is 8.79. The molecule has 0 spiro atoms. The SMILES string of the molecule is O=C(C[NH+]1CCN(S(=O)(=O)c2ccc(F)c(F)c2)CC1)N1CCCCC1. The summed E-state index contributed by atoms with van der Waals surface area (Å²) in [6, 6.07) is 2.61. The Hall–Kier alpha value is -1.58. The summed E-state index contributed by atoms with van der Waals surface area (Å²) in [6.07, 6.45) is 3.25. The van der Waals surface area contributed by atoms with Gasteiger partial charge in [-0.1, -0.05) is 0 Å². The predicted octanol–water partition coefficient (Wildman–Crippen LogP) is -0.133. The van der Waals surface area contributed by atoms with Crippen LogP contribution in [0.2, 0.25) is 0 Å². The third-order valence-electron chi connectivity index (χ3n) is 5.07. The van der Waals surface area contributed by atoms with Crippen LogP contribution in [0.25, 0.3) is 0 Å². The Bertz CT molecular complexity index is 759. The van der Waals surface area contributed by atoms with Crippen LogP contribution in [0.5, 0.6) is 0 Å². The first-order valence-electron chi connectivity index (χ1n) is 8.94. The van der Waals surface area contributed by atoms with Gasteiger partial charge >= 0.3 is 0 Å². The maximum Gasteiger partial charge on any atom is 0.277 e. The molecule has 6 nitrogen and oxygen atoms in total. The molecule has 1 N–H and O–H groups in total. The number of hydrogen-bond donors (Lipinski definition) is 1. The molecule has 1 amide bonds. The highest BCUT2D eigenvalue weighted by Gasteiger charge is 2.32. The van der Waals surface area contributed by atoms with E-state index in [1.807, 2.05) is 4.90 Å². The lowest BCUT2D eigenvalue weighted by Gasteiger charge is -2.33. The van der Waals surface area contributed by atoms with Gasteiger partial charge in [-0.2, -0.15) is 4.31 Å². The molecule has 144 valence electrons. The van der Waals surface area contributed by atoms with E-state index < -0.39 is 21.7 Å². The van der Waals surface area contributed by atoms with E-state index in [1.54, 1.807) is 0 Å². The van der Waals surface area contributed by atoms with Crippen LogP contribution in [-0.4, -0.2) is 69.3 Å². The molecule has 3 rings (SSSR count). The van der Waals surface area contributed by atoms with Crippen molar-refractivity contribution in [2.45, 2.75) is 24.2 Å². The summed E-state index contributed by atoms with van der Waals surface area (Å²) in [4.78, 5) is 15.0. The summed E-state index contributed by atoms with van der Waals surface area (Å²) in [5.74, 6) is -2.13. The number of sulfonamides is 1. The monoisotopic (exact) mass is 388 g/mol. The molecule has 0 bridgehead atoms. The minimum atomic E-state index is -3.86. The third kappa shape index (κ3) is 4.21. The number of carbonyl (C=O) groups is 1. The number of benzene rings is 1. The molecule has 0 aromatic heterocycles. The van der Waals surface area contributed by atoms with Gasteiger partial charge in [0, 0.05) is 13.1 Å². The Morgan fingerprint density at radius 3 is 2.27 bits per heavy atom. The molecule has 0 unspecified atom stereocenters. The first kappa shape index (κ1) is 19.2. The number of rotatable bonds is 4. The first-order valence-corrected chi connectivity index (χ1v) is 10.4. The Kier molecular flexibility index (Phi) is 5.89. The number of nitrogens with zero attached hydrogens (tertiary/aromatic N) is 2. The van der Waals surface area contributed by atoms with Crippen LogP contribution in [0.4, 0.5) is 8.78 Å². The maximum absolute atomic E-state index is 13.4. The standard InChI is InChI=1S/C17H23F2N3O3S/c18-15-5-4-14(12-16(15)19)26(24,25)22-10-8-20(9-11-22)13-17(23)21-6-2-1-3-7-21/h4-5,12H,1-3,6-11,13H2/p+1. The van der Waals surface area contributed by atoms with Crippen molar-refractivity contribution < 1.29 is 26.9 Å². The van der Waals surface area contributed by atoms with Crippen LogP contribution >= 0.6 is 0 Å². The number of carbonyl (C=O) groups excluding carboxylic acids is 1. The Labute approximate surface area is 152 Å². The van der Waals surface area contributed by atoms with Crippen LogP contribution in [-0.2, 0) is 14.8 Å². The molecule has 2 saturated heterocycles. The fourth-order valence-corrected chi connectivity index (χ4v) is 4.93. The van der Waals surface area contributed by atoms with E-state index in [1.165, 1.54) is 4.31 Å². The summed E-state index contributed by atoms with van der Waals surface area (Å²) in [7, 11) is -3.86. The van der Waals surface area contributed by atoms with E-state index in [0.29, 0.717) is 25.7 Å². The zero-order valence-electron chi connectivity index (χ0n) is 14.6. The van der Waals surface area contributed by atoms with E-state index in [4.69, 9.17) is 0 Å². The summed E-state index contributed by atoms with van der Waals surface area (Å²) in [6.45, 7) is 3.53. The zero-order valence-corrected chi connectivity index (χ0v) is 15.4. The molecule has 1 aromatic rings. The number of piperazine rings is 1. The van der Waals surface area contributed by atoms with Crippen LogP contribution < -0.4 is 4.90 Å². The lowest BCUT2D eigenvalue weighted by atomic mass is 10.1. The van der Waals surface area contributed by atoms with Gasteiger partial charge in [-0.05, 0) is 37.5 Å². The van der Waals surface area contributed by atoms with Crippen molar-refractivity contribution in [1.82, 2.24) is 9.21 Å². The number of likely N-dealkylation sites (tertiary alicyclic amines) is 1. The molecule has 2 aliphatic heterocycles. The minimum Gasteiger partial charge on any atom is -0.338 e. The van der Waals surface area contributed by atoms with E-state index >= 15 is 0 Å². The quantitative estimate of drug-likeness (QED) is 0.782. The van der Waals surface area contributed by atoms with Crippen molar-refractivity contribution in [1.29, 1.82) is 0 Å². The molecular formula is C17H24F2N3O3S+. The van der Waals surface area contributed by atoms with Gasteiger partial charge in [-0.15, -0.1) is 0 Å². The lowest BCUT2D eigenvalue weighted by Crippen LogP contribution is -3.15. The summed E-state index contributed by atoms with van der Waals surface area (Å²) in [5.41, 5.74) is 0. The Morgan fingerprint density at radius 2 is 1.65 bits per heavy atom. The molecular weight excluding hydrogens is 364 g/mol. The Morgan fingerprint density at radius 1 is 1.00 bits per heavy atom. The molecule has 0 aliphatic carbocycles. The minimum absolute atomic E-state index is 0.122. The second-order valence-electron chi connectivity index (χ2n) is 6.85. The van der Waals surface area contributed by atoms with Crippen LogP contribution in [0.3, 0.4) is 0 Å². The van der Waals surface area contributed by atoms with Gasteiger partial charge in [0.25, 0.3) is 5.91 Å². The summed E-state index contributed by atoms with van der Waals surface area (Å²) >= 11 is 0. The smallest absolute Gasteiger partial charge is 0.277 e. The van der Waals surface area contributed by atoms with Crippen LogP contribution in [0.1, 0.15) is 19.3 Å². The number of quaternary nitrogens is 1. The van der Waals surface area contributed by atoms with Crippen molar-refractivity contribution in [3.05, 3.63) is 29.8 Å². The molecule has 2 fully saturated rings. The topological polar surface area (TPSA) is 62.1 Å². The second kappa shape index (κ2) is 7.98. The van der Waals surface area contributed by atoms with Crippen molar-refractivity contribution in [3.63, 3.8) is 0 Å². The molecule has 0 saturated carbocycles. The van der Waals surface area contributed by atoms with E-state index in [9.17, 15) is 22.0 Å². The fourth-order valence-electron chi connectivity index (χ4n) is 3.47. The molecule has 9 heteroatoms. The van der Waals surface area contributed by atoms with Crippen molar-refractivity contribution in [2.75, 3.05) is 45.8 Å². The number of halogens is 2. The maximum atomic E-state index is 13.4. The first-order chi connectivity index (χ1) is 12.4. The molecule has 0 atom stereocenters. The average molecular weight is 388 g/mol. The largest absolute Gasteiger partial charge is 0.338 e. The fraction of sp³-hybridized carbons (Fsp3) is 0.588. The normalized spacial score (nSPS) is 20.3. The van der Waals surface area contributed by atoms with E-state index in [-0.39, 0.29) is 23.9 Å². The molecule has 2 aliphatic rings. The molecule has 0 radical (unpaired) electrons. The summed E-state index contributed by atoms with van der Waals surface area (Å²) < 4.78 is 52.8. The highest BCUT2D eigenvalue weighted by atomic mass is 32.2. The molecule has 1 aromatic carbocycles. The lowest BCUT2D eigenvalue weighted by molar-refractivity contribution is -0.896. The van der Waals surface area contributed by atoms with Crippen LogP contribution in [0, 0.1) is 11.6 Å². The third-order valence-corrected chi connectivity index (χ3v) is 6.96. The van der Waals surface area contributed by atoms with Crippen molar-refractivity contribution >= 4 is 15.9 Å². The number of nitrogens with one attached hydrogen (secondary N) is 1. The highest BCUT2D eigenvalue weighted by Crippen LogP contribution is 2.18. The van der Waals surface area contributed by atoms with Crippen molar-refractivity contribution in [3.8, 4) is 0 Å². The zero-order chi connectivity index (χ0) is 18.7.